The normalized spacial score (nSPS) is 20.1. The molecule has 1 aliphatic rings. The molecule has 1 fully saturated rings. The van der Waals surface area contributed by atoms with E-state index >= 15 is 0 Å². The molecule has 1 aliphatic heterocycles. The molecule has 1 aromatic heterocycles. The summed E-state index contributed by atoms with van der Waals surface area (Å²) >= 11 is 0. The second-order valence-corrected chi connectivity index (χ2v) is 7.07. The largest absolute Gasteiger partial charge is 0.481 e. The molecule has 0 saturated carbocycles. The van der Waals surface area contributed by atoms with E-state index in [-0.39, 0.29) is 41.5 Å². The van der Waals surface area contributed by atoms with Crippen molar-refractivity contribution >= 4 is 39.8 Å². The summed E-state index contributed by atoms with van der Waals surface area (Å²) in [7, 11) is 0.321. The number of halogens is 1. The average molecular weight is 440 g/mol. The van der Waals surface area contributed by atoms with Crippen molar-refractivity contribution in [2.75, 3.05) is 25.7 Å². The number of sulfone groups is 1. The van der Waals surface area contributed by atoms with E-state index in [9.17, 15) is 8.42 Å². The van der Waals surface area contributed by atoms with Crippen LogP contribution in [0.1, 0.15) is 12.0 Å². The molecule has 1 unspecified atom stereocenters. The van der Waals surface area contributed by atoms with Gasteiger partial charge < -0.3 is 15.4 Å². The summed E-state index contributed by atoms with van der Waals surface area (Å²) in [5.74, 6) is 1.52. The van der Waals surface area contributed by atoms with Crippen LogP contribution in [0.4, 0.5) is 0 Å². The molecule has 9 heteroatoms. The molecule has 7 nitrogen and oxygen atoms in total. The molecule has 1 aromatic rings. The van der Waals surface area contributed by atoms with E-state index in [1.165, 1.54) is 0 Å². The predicted molar refractivity (Wildman–Crippen MR) is 96.6 cm³/mol. The van der Waals surface area contributed by atoms with E-state index in [1.54, 1.807) is 20.4 Å². The molecular formula is C13H21IN4O3S. The van der Waals surface area contributed by atoms with Crippen LogP contribution in [-0.2, 0) is 16.4 Å². The summed E-state index contributed by atoms with van der Waals surface area (Å²) in [6.45, 7) is 0.496. The minimum atomic E-state index is -2.90. The topological polar surface area (TPSA) is 92.7 Å². The molecule has 0 radical (unpaired) electrons. The molecule has 2 N–H and O–H groups in total. The molecule has 2 rings (SSSR count). The summed E-state index contributed by atoms with van der Waals surface area (Å²) in [5, 5.41) is 6.27. The van der Waals surface area contributed by atoms with Gasteiger partial charge in [-0.05, 0) is 12.5 Å². The van der Waals surface area contributed by atoms with Crippen molar-refractivity contribution in [2.24, 2.45) is 4.99 Å². The number of hydrogen-bond donors (Lipinski definition) is 2. The maximum Gasteiger partial charge on any atom is 0.218 e. The molecule has 0 bridgehead atoms. The Balaban J connectivity index is 0.00000242. The summed E-state index contributed by atoms with van der Waals surface area (Å²) in [4.78, 5) is 8.23. The first kappa shape index (κ1) is 18.9. The van der Waals surface area contributed by atoms with Gasteiger partial charge in [0.15, 0.2) is 15.8 Å². The molecule has 0 spiro atoms. The first-order chi connectivity index (χ1) is 10.0. The number of nitrogens with one attached hydrogen (secondary N) is 2. The predicted octanol–water partition coefficient (Wildman–Crippen LogP) is 0.560. The van der Waals surface area contributed by atoms with E-state index in [2.05, 4.69) is 20.6 Å². The van der Waals surface area contributed by atoms with Gasteiger partial charge in [0.2, 0.25) is 5.88 Å². The minimum Gasteiger partial charge on any atom is -0.481 e. The van der Waals surface area contributed by atoms with Gasteiger partial charge in [0, 0.05) is 31.4 Å². The zero-order valence-electron chi connectivity index (χ0n) is 12.6. The highest BCUT2D eigenvalue weighted by Crippen LogP contribution is 2.13. The average Bonchev–Trinajstić information content (AvgIpc) is 2.82. The number of pyridine rings is 1. The molecule has 124 valence electrons. The molecular weight excluding hydrogens is 419 g/mol. The van der Waals surface area contributed by atoms with Gasteiger partial charge in [0.1, 0.15) is 0 Å². The molecule has 22 heavy (non-hydrogen) atoms. The second kappa shape index (κ2) is 8.51. The monoisotopic (exact) mass is 440 g/mol. The zero-order valence-corrected chi connectivity index (χ0v) is 15.7. The van der Waals surface area contributed by atoms with Gasteiger partial charge in [-0.25, -0.2) is 13.4 Å². The maximum atomic E-state index is 11.4. The quantitative estimate of drug-likeness (QED) is 0.404. The third-order valence-corrected chi connectivity index (χ3v) is 5.05. The standard InChI is InChI=1S/C13H20N4O3S.HI/c1-14-13(17-11-5-7-21(18,19)9-11)16-8-10-4-3-6-15-12(10)20-2;/h3-4,6,11H,5,7-9H2,1-2H3,(H2,14,16,17);1H. The molecule has 2 heterocycles. The first-order valence-electron chi connectivity index (χ1n) is 6.69. The Kier molecular flexibility index (Phi) is 7.33. The van der Waals surface area contributed by atoms with Gasteiger partial charge in [-0.1, -0.05) is 6.07 Å². The Labute approximate surface area is 147 Å². The maximum absolute atomic E-state index is 11.4. The molecule has 0 aromatic carbocycles. The lowest BCUT2D eigenvalue weighted by Crippen LogP contribution is -2.43. The highest BCUT2D eigenvalue weighted by Gasteiger charge is 2.28. The van der Waals surface area contributed by atoms with Gasteiger partial charge >= 0.3 is 0 Å². The van der Waals surface area contributed by atoms with Crippen molar-refractivity contribution in [1.29, 1.82) is 0 Å². The smallest absolute Gasteiger partial charge is 0.218 e. The zero-order chi connectivity index (χ0) is 15.3. The van der Waals surface area contributed by atoms with Crippen LogP contribution in [-0.4, -0.2) is 51.1 Å². The highest BCUT2D eigenvalue weighted by atomic mass is 127. The Morgan fingerprint density at radius 1 is 1.55 bits per heavy atom. The van der Waals surface area contributed by atoms with E-state index in [0.29, 0.717) is 24.8 Å². The van der Waals surface area contributed by atoms with Crippen molar-refractivity contribution < 1.29 is 13.2 Å². The number of rotatable bonds is 4. The fourth-order valence-electron chi connectivity index (χ4n) is 2.22. The molecule has 0 aliphatic carbocycles. The van der Waals surface area contributed by atoms with E-state index < -0.39 is 9.84 Å². The third-order valence-electron chi connectivity index (χ3n) is 3.29. The van der Waals surface area contributed by atoms with Crippen molar-refractivity contribution in [3.8, 4) is 5.88 Å². The van der Waals surface area contributed by atoms with Crippen LogP contribution >= 0.6 is 24.0 Å². The number of methoxy groups -OCH3 is 1. The second-order valence-electron chi connectivity index (χ2n) is 4.84. The minimum absolute atomic E-state index is 0. The van der Waals surface area contributed by atoms with Crippen LogP contribution in [0.5, 0.6) is 5.88 Å². The van der Waals surface area contributed by atoms with Crippen LogP contribution in [0.25, 0.3) is 0 Å². The Morgan fingerprint density at radius 3 is 2.91 bits per heavy atom. The number of guanidine groups is 1. The van der Waals surface area contributed by atoms with Gasteiger partial charge in [0.05, 0.1) is 18.6 Å². The van der Waals surface area contributed by atoms with E-state index in [4.69, 9.17) is 4.74 Å². The molecule has 1 saturated heterocycles. The summed E-state index contributed by atoms with van der Waals surface area (Å²) < 4.78 is 28.1. The number of aromatic nitrogens is 1. The SMILES string of the molecule is CN=C(NCc1cccnc1OC)NC1CCS(=O)(=O)C1.I. The van der Waals surface area contributed by atoms with Crippen molar-refractivity contribution in [3.63, 3.8) is 0 Å². The van der Waals surface area contributed by atoms with E-state index in [0.717, 1.165) is 5.56 Å². The number of nitrogens with zero attached hydrogens (tertiary/aromatic N) is 2. The summed E-state index contributed by atoms with van der Waals surface area (Å²) in [6, 6.07) is 3.66. The molecule has 0 amide bonds. The van der Waals surface area contributed by atoms with Crippen LogP contribution in [0, 0.1) is 0 Å². The highest BCUT2D eigenvalue weighted by molar-refractivity contribution is 14.0. The summed E-state index contributed by atoms with van der Waals surface area (Å²) in [6.07, 6.45) is 2.28. The fraction of sp³-hybridized carbons (Fsp3) is 0.538. The molecule has 1 atom stereocenters. The van der Waals surface area contributed by atoms with Crippen molar-refractivity contribution in [2.45, 2.75) is 19.0 Å². The van der Waals surface area contributed by atoms with Gasteiger partial charge in [-0.3, -0.25) is 4.99 Å². The Hall–Kier alpha value is -1.10. The van der Waals surface area contributed by atoms with Crippen molar-refractivity contribution in [1.82, 2.24) is 15.6 Å². The van der Waals surface area contributed by atoms with Crippen LogP contribution in [0.3, 0.4) is 0 Å². The van der Waals surface area contributed by atoms with Crippen LogP contribution in [0.15, 0.2) is 23.3 Å². The van der Waals surface area contributed by atoms with Crippen LogP contribution < -0.4 is 15.4 Å². The van der Waals surface area contributed by atoms with Gasteiger partial charge in [0.25, 0.3) is 0 Å². The summed E-state index contributed by atoms with van der Waals surface area (Å²) in [5.41, 5.74) is 0.905. The fourth-order valence-corrected chi connectivity index (χ4v) is 3.89. The Morgan fingerprint density at radius 2 is 2.32 bits per heavy atom. The van der Waals surface area contributed by atoms with E-state index in [1.807, 2.05) is 12.1 Å². The van der Waals surface area contributed by atoms with Gasteiger partial charge in [-0.2, -0.15) is 0 Å². The first-order valence-corrected chi connectivity index (χ1v) is 8.51. The Bertz CT molecular complexity index is 621. The third kappa shape index (κ3) is 5.27. The lowest BCUT2D eigenvalue weighted by atomic mass is 10.2. The van der Waals surface area contributed by atoms with Crippen LogP contribution in [0.2, 0.25) is 0 Å². The lowest BCUT2D eigenvalue weighted by Gasteiger charge is -2.16. The number of ether oxygens (including phenoxy) is 1. The van der Waals surface area contributed by atoms with Crippen molar-refractivity contribution in [3.05, 3.63) is 23.9 Å². The van der Waals surface area contributed by atoms with Gasteiger partial charge in [-0.15, -0.1) is 24.0 Å². The number of hydrogen-bond acceptors (Lipinski definition) is 5. The lowest BCUT2D eigenvalue weighted by molar-refractivity contribution is 0.392. The number of aliphatic imine (C=N–C) groups is 1.